The lowest BCUT2D eigenvalue weighted by molar-refractivity contribution is 0.0936. The maximum atomic E-state index is 12.5. The van der Waals surface area contributed by atoms with Crippen LogP contribution >= 0.6 is 0 Å². The van der Waals surface area contributed by atoms with E-state index in [1.165, 1.54) is 0 Å². The Bertz CT molecular complexity index is 591. The number of hydrogen-bond acceptors (Lipinski definition) is 3. The van der Waals surface area contributed by atoms with Gasteiger partial charge in [-0.2, -0.15) is 0 Å². The Balaban J connectivity index is 2.14. The number of nitrogens with one attached hydrogen (secondary N) is 2. The third kappa shape index (κ3) is 3.88. The highest BCUT2D eigenvalue weighted by Gasteiger charge is 2.16. The fraction of sp³-hybridized carbons (Fsp3) is 0.353. The van der Waals surface area contributed by atoms with E-state index in [1.54, 1.807) is 6.26 Å². The van der Waals surface area contributed by atoms with Crippen molar-refractivity contribution in [2.24, 2.45) is 0 Å². The number of hydrogen-bond donors (Lipinski definition) is 2. The largest absolute Gasteiger partial charge is 0.467 e. The van der Waals surface area contributed by atoms with Crippen molar-refractivity contribution in [3.63, 3.8) is 0 Å². The van der Waals surface area contributed by atoms with E-state index < -0.39 is 0 Å². The number of furan rings is 1. The maximum absolute atomic E-state index is 12.5. The van der Waals surface area contributed by atoms with Gasteiger partial charge in [0.2, 0.25) is 0 Å². The molecule has 2 N–H and O–H groups in total. The minimum Gasteiger partial charge on any atom is -0.467 e. The molecule has 0 aliphatic heterocycles. The molecule has 0 aliphatic rings. The number of carbonyl (C=O) groups is 1. The molecule has 0 aliphatic carbocycles. The quantitative estimate of drug-likeness (QED) is 0.846. The number of carbonyl (C=O) groups excluding carboxylic acids is 1. The second-order valence-corrected chi connectivity index (χ2v) is 5.19. The van der Waals surface area contributed by atoms with Gasteiger partial charge in [0.05, 0.1) is 17.9 Å². The van der Waals surface area contributed by atoms with Crippen LogP contribution in [0.15, 0.2) is 41.0 Å². The summed E-state index contributed by atoms with van der Waals surface area (Å²) < 4.78 is 5.32. The highest BCUT2D eigenvalue weighted by molar-refractivity contribution is 5.99. The number of amides is 1. The molecule has 0 spiro atoms. The number of anilines is 1. The lowest BCUT2D eigenvalue weighted by Crippen LogP contribution is -2.27. The second kappa shape index (κ2) is 6.97. The van der Waals surface area contributed by atoms with Crippen LogP contribution in [0.25, 0.3) is 0 Å². The molecule has 0 radical (unpaired) electrons. The monoisotopic (exact) mass is 286 g/mol. The van der Waals surface area contributed by atoms with Gasteiger partial charge in [0.1, 0.15) is 5.76 Å². The number of aryl methyl sites for hydroxylation is 1. The lowest BCUT2D eigenvalue weighted by Gasteiger charge is -2.15. The van der Waals surface area contributed by atoms with Gasteiger partial charge >= 0.3 is 0 Å². The topological polar surface area (TPSA) is 54.3 Å². The van der Waals surface area contributed by atoms with Gasteiger partial charge in [-0.1, -0.05) is 13.0 Å². The summed E-state index contributed by atoms with van der Waals surface area (Å²) in [4.78, 5) is 12.5. The highest BCUT2D eigenvalue weighted by Crippen LogP contribution is 2.20. The molecule has 2 rings (SSSR count). The van der Waals surface area contributed by atoms with E-state index in [-0.39, 0.29) is 11.9 Å². The molecule has 0 bridgehead atoms. The summed E-state index contributed by atoms with van der Waals surface area (Å²) in [6.45, 7) is 6.87. The zero-order valence-electron chi connectivity index (χ0n) is 12.8. The fourth-order valence-electron chi connectivity index (χ4n) is 2.15. The van der Waals surface area contributed by atoms with Crippen LogP contribution in [-0.2, 0) is 0 Å². The zero-order chi connectivity index (χ0) is 15.2. The minimum atomic E-state index is -0.159. The molecule has 4 nitrogen and oxygen atoms in total. The van der Waals surface area contributed by atoms with Crippen LogP contribution in [0.5, 0.6) is 0 Å². The van der Waals surface area contributed by atoms with Gasteiger partial charge in [-0.15, -0.1) is 0 Å². The van der Waals surface area contributed by atoms with Crippen molar-refractivity contribution in [2.75, 3.05) is 11.9 Å². The summed E-state index contributed by atoms with van der Waals surface area (Å²) in [7, 11) is 0. The Morgan fingerprint density at radius 1 is 1.33 bits per heavy atom. The van der Waals surface area contributed by atoms with Gasteiger partial charge in [-0.3, -0.25) is 4.79 Å². The molecule has 1 aromatic carbocycles. The van der Waals surface area contributed by atoms with E-state index in [0.29, 0.717) is 5.56 Å². The molecule has 112 valence electrons. The van der Waals surface area contributed by atoms with Crippen LogP contribution in [0.3, 0.4) is 0 Å². The summed E-state index contributed by atoms with van der Waals surface area (Å²) in [6.07, 6.45) is 2.62. The van der Waals surface area contributed by atoms with Gasteiger partial charge in [0, 0.05) is 12.2 Å². The standard InChI is InChI=1S/C17H22N2O2/c1-4-9-18-15-11-12(2)7-8-14(15)17(20)19-13(3)16-6-5-10-21-16/h5-8,10-11,13,18H,4,9H2,1-3H3,(H,19,20). The molecule has 1 atom stereocenters. The van der Waals surface area contributed by atoms with Crippen LogP contribution in [0.4, 0.5) is 5.69 Å². The van der Waals surface area contributed by atoms with E-state index in [2.05, 4.69) is 17.6 Å². The first-order chi connectivity index (χ1) is 10.1. The van der Waals surface area contributed by atoms with Gasteiger partial charge in [-0.05, 0) is 50.1 Å². The molecule has 0 fully saturated rings. The summed E-state index contributed by atoms with van der Waals surface area (Å²) in [5.74, 6) is 0.649. The molecule has 1 unspecified atom stereocenters. The zero-order valence-corrected chi connectivity index (χ0v) is 12.8. The van der Waals surface area contributed by atoms with E-state index in [0.717, 1.165) is 30.0 Å². The molecular formula is C17H22N2O2. The number of rotatable bonds is 6. The van der Waals surface area contributed by atoms with Crippen molar-refractivity contribution in [2.45, 2.75) is 33.2 Å². The average Bonchev–Trinajstić information content (AvgIpc) is 2.99. The summed E-state index contributed by atoms with van der Waals surface area (Å²) in [5.41, 5.74) is 2.66. The van der Waals surface area contributed by atoms with E-state index in [4.69, 9.17) is 4.42 Å². The second-order valence-electron chi connectivity index (χ2n) is 5.19. The van der Waals surface area contributed by atoms with Crippen LogP contribution in [0.2, 0.25) is 0 Å². The number of benzene rings is 1. The van der Waals surface area contributed by atoms with Crippen LogP contribution in [0.1, 0.15) is 48.0 Å². The van der Waals surface area contributed by atoms with Crippen molar-refractivity contribution in [1.29, 1.82) is 0 Å². The molecule has 0 saturated heterocycles. The first-order valence-electron chi connectivity index (χ1n) is 7.30. The first kappa shape index (κ1) is 15.2. The normalized spacial score (nSPS) is 12.0. The smallest absolute Gasteiger partial charge is 0.253 e. The Kier molecular flexibility index (Phi) is 5.04. The van der Waals surface area contributed by atoms with E-state index in [1.807, 2.05) is 44.2 Å². The minimum absolute atomic E-state index is 0.0995. The van der Waals surface area contributed by atoms with Crippen molar-refractivity contribution in [3.05, 3.63) is 53.5 Å². The molecule has 2 aromatic rings. The molecule has 1 amide bonds. The third-order valence-electron chi connectivity index (χ3n) is 3.30. The molecule has 4 heteroatoms. The summed E-state index contributed by atoms with van der Waals surface area (Å²) in [5, 5.41) is 6.27. The van der Waals surface area contributed by atoms with Gasteiger partial charge < -0.3 is 15.1 Å². The van der Waals surface area contributed by atoms with Crippen LogP contribution in [-0.4, -0.2) is 12.5 Å². The SMILES string of the molecule is CCCNc1cc(C)ccc1C(=O)NC(C)c1ccco1. The van der Waals surface area contributed by atoms with E-state index in [9.17, 15) is 4.79 Å². The summed E-state index contributed by atoms with van der Waals surface area (Å²) in [6, 6.07) is 9.32. The Morgan fingerprint density at radius 2 is 2.14 bits per heavy atom. The average molecular weight is 286 g/mol. The Labute approximate surface area is 125 Å². The molecular weight excluding hydrogens is 264 g/mol. The van der Waals surface area contributed by atoms with Crippen molar-refractivity contribution in [3.8, 4) is 0 Å². The van der Waals surface area contributed by atoms with Gasteiger partial charge in [0.25, 0.3) is 5.91 Å². The van der Waals surface area contributed by atoms with Crippen molar-refractivity contribution >= 4 is 11.6 Å². The molecule has 21 heavy (non-hydrogen) atoms. The third-order valence-corrected chi connectivity index (χ3v) is 3.30. The highest BCUT2D eigenvalue weighted by atomic mass is 16.3. The van der Waals surface area contributed by atoms with E-state index >= 15 is 0 Å². The van der Waals surface area contributed by atoms with Gasteiger partial charge in [0.15, 0.2) is 0 Å². The molecule has 0 saturated carbocycles. The maximum Gasteiger partial charge on any atom is 0.253 e. The predicted molar refractivity (Wildman–Crippen MR) is 84.5 cm³/mol. The predicted octanol–water partition coefficient (Wildman–Crippen LogP) is 3.90. The van der Waals surface area contributed by atoms with Crippen molar-refractivity contribution < 1.29 is 9.21 Å². The molecule has 1 aromatic heterocycles. The van der Waals surface area contributed by atoms with Crippen LogP contribution in [0, 0.1) is 6.92 Å². The summed E-state index contributed by atoms with van der Waals surface area (Å²) >= 11 is 0. The first-order valence-corrected chi connectivity index (χ1v) is 7.30. The Morgan fingerprint density at radius 3 is 2.81 bits per heavy atom. The van der Waals surface area contributed by atoms with Gasteiger partial charge in [-0.25, -0.2) is 0 Å². The fourth-order valence-corrected chi connectivity index (χ4v) is 2.15. The van der Waals surface area contributed by atoms with Crippen molar-refractivity contribution in [1.82, 2.24) is 5.32 Å². The lowest BCUT2D eigenvalue weighted by atomic mass is 10.1. The molecule has 1 heterocycles. The Hall–Kier alpha value is -2.23. The van der Waals surface area contributed by atoms with Crippen LogP contribution < -0.4 is 10.6 Å².